The van der Waals surface area contributed by atoms with Gasteiger partial charge >= 0.3 is 11.8 Å². The number of nitrogens with zero attached hydrogens (tertiary/aromatic N) is 4. The normalized spacial score (nSPS) is 18.9. The lowest BCUT2D eigenvalue weighted by atomic mass is 9.98. The Kier molecular flexibility index (Phi) is 7.90. The van der Waals surface area contributed by atoms with Crippen LogP contribution in [-0.2, 0) is 29.1 Å². The Bertz CT molecular complexity index is 1750. The van der Waals surface area contributed by atoms with Gasteiger partial charge in [0.15, 0.2) is 5.58 Å². The number of carbonyl (C=O) groups excluding carboxylic acids is 3. The van der Waals surface area contributed by atoms with Crippen LogP contribution in [0.15, 0.2) is 94.7 Å². The zero-order chi connectivity index (χ0) is 30.8. The lowest BCUT2D eigenvalue weighted by Crippen LogP contribution is -2.76. The van der Waals surface area contributed by atoms with E-state index >= 15 is 0 Å². The van der Waals surface area contributed by atoms with E-state index in [2.05, 4.69) is 16.9 Å². The Morgan fingerprint density at radius 3 is 2.52 bits per heavy atom. The molecule has 0 aliphatic carbocycles. The molecule has 0 unspecified atom stereocenters. The van der Waals surface area contributed by atoms with Crippen molar-refractivity contribution in [2.24, 2.45) is 0 Å². The van der Waals surface area contributed by atoms with Crippen LogP contribution in [0.4, 0.5) is 4.79 Å². The van der Waals surface area contributed by atoms with Gasteiger partial charge in [0.25, 0.3) is 0 Å². The third-order valence-corrected chi connectivity index (χ3v) is 7.89. The summed E-state index contributed by atoms with van der Waals surface area (Å²) in [6, 6.07) is 19.9. The number of phenols is 1. The summed E-state index contributed by atoms with van der Waals surface area (Å²) in [4.78, 5) is 59.1. The average molecular weight is 597 g/mol. The van der Waals surface area contributed by atoms with E-state index in [0.717, 1.165) is 16.7 Å². The van der Waals surface area contributed by atoms with Gasteiger partial charge in [0, 0.05) is 26.1 Å². The van der Waals surface area contributed by atoms with E-state index in [9.17, 15) is 24.3 Å². The molecular weight excluding hydrogens is 564 g/mol. The number of hydrogen-bond donors (Lipinski definition) is 3. The van der Waals surface area contributed by atoms with E-state index in [1.807, 2.05) is 30.3 Å². The van der Waals surface area contributed by atoms with E-state index < -0.39 is 24.0 Å². The summed E-state index contributed by atoms with van der Waals surface area (Å²) in [7, 11) is 0. The first-order valence-corrected chi connectivity index (χ1v) is 14.3. The molecule has 4 aromatic rings. The molecule has 2 aliphatic rings. The van der Waals surface area contributed by atoms with Crippen molar-refractivity contribution in [1.29, 1.82) is 0 Å². The van der Waals surface area contributed by atoms with E-state index in [1.54, 1.807) is 46.3 Å². The van der Waals surface area contributed by atoms with Crippen molar-refractivity contribution in [3.05, 3.63) is 113 Å². The molecule has 3 aromatic carbocycles. The Labute approximate surface area is 252 Å². The third-order valence-electron chi connectivity index (χ3n) is 7.89. The van der Waals surface area contributed by atoms with Gasteiger partial charge in [-0.3, -0.25) is 14.6 Å². The number of hydrogen-bond acceptors (Lipinski definition) is 7. The molecule has 2 saturated heterocycles. The van der Waals surface area contributed by atoms with Crippen molar-refractivity contribution in [1.82, 2.24) is 30.1 Å². The summed E-state index contributed by atoms with van der Waals surface area (Å²) < 4.78 is 5.22. The van der Waals surface area contributed by atoms with Crippen LogP contribution >= 0.6 is 0 Å². The van der Waals surface area contributed by atoms with Gasteiger partial charge < -0.3 is 24.6 Å². The Hall–Kier alpha value is -5.36. The molecule has 12 nitrogen and oxygen atoms in total. The first-order valence-electron chi connectivity index (χ1n) is 14.3. The molecule has 4 amide bonds. The Morgan fingerprint density at radius 2 is 1.77 bits per heavy atom. The number of rotatable bonds is 8. The molecule has 6 rings (SSSR count). The maximum absolute atomic E-state index is 14.1. The number of nitrogens with one attached hydrogen (secondary N) is 2. The van der Waals surface area contributed by atoms with Crippen molar-refractivity contribution >= 4 is 28.9 Å². The molecule has 0 spiro atoms. The van der Waals surface area contributed by atoms with E-state index in [0.29, 0.717) is 11.1 Å². The second kappa shape index (κ2) is 12.1. The molecule has 12 heteroatoms. The van der Waals surface area contributed by atoms with Gasteiger partial charge in [-0.15, -0.1) is 6.58 Å². The SMILES string of the molecule is C=CCN1CC(=O)N2[C@@H](Cc3ccc(O)cc3)C(=O)N(Cc3ccc4[nH]c(=O)oc4c3)C[C@@H]2N1C(=O)NCc1ccccc1. The number of aromatic amines is 1. The third kappa shape index (κ3) is 5.79. The van der Waals surface area contributed by atoms with E-state index in [-0.39, 0.29) is 56.7 Å². The second-order valence-corrected chi connectivity index (χ2v) is 10.9. The molecule has 44 heavy (non-hydrogen) atoms. The lowest BCUT2D eigenvalue weighted by Gasteiger charge is -2.55. The monoisotopic (exact) mass is 596 g/mol. The van der Waals surface area contributed by atoms with Crippen LogP contribution in [0.3, 0.4) is 0 Å². The van der Waals surface area contributed by atoms with Crippen molar-refractivity contribution in [3.63, 3.8) is 0 Å². The fraction of sp³-hybridized carbons (Fsp3) is 0.250. The second-order valence-electron chi connectivity index (χ2n) is 10.9. The number of amides is 4. The van der Waals surface area contributed by atoms with Crippen LogP contribution in [0.1, 0.15) is 16.7 Å². The van der Waals surface area contributed by atoms with Gasteiger partial charge in [0.1, 0.15) is 18.0 Å². The number of piperazine rings is 1. The largest absolute Gasteiger partial charge is 0.508 e. The topological polar surface area (TPSA) is 142 Å². The highest BCUT2D eigenvalue weighted by Crippen LogP contribution is 2.30. The van der Waals surface area contributed by atoms with Crippen molar-refractivity contribution in [3.8, 4) is 5.75 Å². The minimum atomic E-state index is -0.907. The molecule has 2 atom stereocenters. The minimum Gasteiger partial charge on any atom is -0.508 e. The summed E-state index contributed by atoms with van der Waals surface area (Å²) in [5.74, 6) is -1.04. The lowest BCUT2D eigenvalue weighted by molar-refractivity contribution is -0.189. The summed E-state index contributed by atoms with van der Waals surface area (Å²) in [5, 5.41) is 15.9. The van der Waals surface area contributed by atoms with Crippen molar-refractivity contribution < 1.29 is 23.9 Å². The van der Waals surface area contributed by atoms with Crippen molar-refractivity contribution in [2.75, 3.05) is 19.6 Å². The van der Waals surface area contributed by atoms with Gasteiger partial charge in [-0.25, -0.2) is 19.6 Å². The Balaban J connectivity index is 1.35. The number of urea groups is 1. The van der Waals surface area contributed by atoms with Crippen LogP contribution in [-0.4, -0.2) is 79.6 Å². The highest BCUT2D eigenvalue weighted by molar-refractivity contribution is 5.91. The fourth-order valence-electron chi connectivity index (χ4n) is 5.86. The number of carbonyl (C=O) groups is 3. The molecule has 0 bridgehead atoms. The highest BCUT2D eigenvalue weighted by Gasteiger charge is 2.51. The number of H-pyrrole nitrogens is 1. The van der Waals surface area contributed by atoms with Crippen LogP contribution in [0.5, 0.6) is 5.75 Å². The summed E-state index contributed by atoms with van der Waals surface area (Å²) in [6.07, 6.45) is 1.01. The first kappa shape index (κ1) is 28.7. The zero-order valence-electron chi connectivity index (χ0n) is 23.9. The quantitative estimate of drug-likeness (QED) is 0.266. The molecule has 226 valence electrons. The molecule has 2 aliphatic heterocycles. The molecule has 3 heterocycles. The maximum atomic E-state index is 14.1. The molecule has 1 aromatic heterocycles. The Morgan fingerprint density at radius 1 is 1.02 bits per heavy atom. The average Bonchev–Trinajstić information content (AvgIpc) is 3.39. The summed E-state index contributed by atoms with van der Waals surface area (Å²) >= 11 is 0. The van der Waals surface area contributed by atoms with Crippen LogP contribution < -0.4 is 11.1 Å². The van der Waals surface area contributed by atoms with Crippen LogP contribution in [0.25, 0.3) is 11.1 Å². The number of oxazole rings is 1. The molecule has 0 radical (unpaired) electrons. The highest BCUT2D eigenvalue weighted by atomic mass is 16.4. The van der Waals surface area contributed by atoms with Crippen molar-refractivity contribution in [2.45, 2.75) is 31.7 Å². The minimum absolute atomic E-state index is 0.0537. The number of phenolic OH excluding ortho intramolecular Hbond substituents is 1. The van der Waals surface area contributed by atoms with Gasteiger partial charge in [-0.2, -0.15) is 0 Å². The number of hydrazine groups is 1. The molecule has 0 saturated carbocycles. The first-order chi connectivity index (χ1) is 21.3. The fourth-order valence-corrected chi connectivity index (χ4v) is 5.86. The molecular formula is C32H32N6O6. The molecule has 3 N–H and O–H groups in total. The van der Waals surface area contributed by atoms with E-state index in [1.165, 1.54) is 22.0 Å². The summed E-state index contributed by atoms with van der Waals surface area (Å²) in [6.45, 7) is 4.45. The van der Waals surface area contributed by atoms with Crippen LogP contribution in [0.2, 0.25) is 0 Å². The van der Waals surface area contributed by atoms with Crippen LogP contribution in [0, 0.1) is 0 Å². The number of aromatic hydroxyl groups is 1. The summed E-state index contributed by atoms with van der Waals surface area (Å²) in [5.41, 5.74) is 3.29. The van der Waals surface area contributed by atoms with Gasteiger partial charge in [0.05, 0.1) is 18.6 Å². The number of fused-ring (bicyclic) bond motifs is 2. The molecule has 2 fully saturated rings. The predicted molar refractivity (Wildman–Crippen MR) is 161 cm³/mol. The van der Waals surface area contributed by atoms with Gasteiger partial charge in [0.2, 0.25) is 11.8 Å². The van der Waals surface area contributed by atoms with Gasteiger partial charge in [-0.05, 0) is 41.0 Å². The number of aromatic nitrogens is 1. The van der Waals surface area contributed by atoms with E-state index in [4.69, 9.17) is 4.42 Å². The zero-order valence-corrected chi connectivity index (χ0v) is 23.9. The predicted octanol–water partition coefficient (Wildman–Crippen LogP) is 2.56. The number of benzene rings is 3. The maximum Gasteiger partial charge on any atom is 0.417 e. The standard InChI is InChI=1S/C32H32N6O6/c1-2-14-36-20-29(40)37-26(15-21-8-11-24(39)12-9-21)30(41)35(18-23-10-13-25-27(16-23)44-32(43)34-25)19-28(37)38(36)31(42)33-17-22-6-4-3-5-7-22/h2-13,16,26,28,39H,1,14-15,17-20H2,(H,33,42)(H,34,43)/t26-,28-/m0/s1. The smallest absolute Gasteiger partial charge is 0.417 e. The van der Waals surface area contributed by atoms with Gasteiger partial charge in [-0.1, -0.05) is 54.6 Å².